The molecular weight excluding hydrogens is 626 g/mol. The highest BCUT2D eigenvalue weighted by Crippen LogP contribution is 2.42. The Hall–Kier alpha value is -3.78. The van der Waals surface area contributed by atoms with E-state index in [-0.39, 0.29) is 35.1 Å². The van der Waals surface area contributed by atoms with Gasteiger partial charge in [-0.1, -0.05) is 18.2 Å². The number of aromatic nitrogens is 3. The van der Waals surface area contributed by atoms with Crippen molar-refractivity contribution in [1.29, 1.82) is 0 Å². The van der Waals surface area contributed by atoms with Gasteiger partial charge >= 0.3 is 0 Å². The number of hydrogen-bond acceptors (Lipinski definition) is 10. The van der Waals surface area contributed by atoms with E-state index in [0.29, 0.717) is 79.0 Å². The quantitative estimate of drug-likeness (QED) is 0.289. The summed E-state index contributed by atoms with van der Waals surface area (Å²) in [6, 6.07) is 7.90. The molecule has 3 aromatic rings. The maximum absolute atomic E-state index is 15.9. The Labute approximate surface area is 273 Å². The number of nitrogens with one attached hydrogen (secondary N) is 1. The van der Waals surface area contributed by atoms with Crippen LogP contribution in [0.4, 0.5) is 14.6 Å². The van der Waals surface area contributed by atoms with Gasteiger partial charge in [0, 0.05) is 35.8 Å². The molecule has 7 rings (SSSR count). The molecule has 1 aromatic carbocycles. The van der Waals surface area contributed by atoms with Crippen molar-refractivity contribution < 1.29 is 17.2 Å². The molecule has 4 aliphatic rings. The number of halogens is 2. The van der Waals surface area contributed by atoms with E-state index in [0.717, 1.165) is 19.4 Å². The van der Waals surface area contributed by atoms with Crippen molar-refractivity contribution in [3.8, 4) is 0 Å². The fraction of sp³-hybridized carbons (Fsp3) is 0.545. The molecule has 0 amide bonds. The molecule has 0 saturated carbocycles. The molecule has 47 heavy (non-hydrogen) atoms. The van der Waals surface area contributed by atoms with Crippen LogP contribution in [-0.4, -0.2) is 77.5 Å². The highest BCUT2D eigenvalue weighted by atomic mass is 32.2. The molecule has 2 saturated heterocycles. The van der Waals surface area contributed by atoms with Crippen molar-refractivity contribution >= 4 is 38.6 Å². The van der Waals surface area contributed by atoms with Crippen LogP contribution in [0, 0.1) is 5.92 Å². The first kappa shape index (κ1) is 33.1. The van der Waals surface area contributed by atoms with E-state index in [2.05, 4.69) is 30.3 Å². The highest BCUT2D eigenvalue weighted by molar-refractivity contribution is 7.91. The van der Waals surface area contributed by atoms with Crippen LogP contribution in [-0.2, 0) is 22.3 Å². The topological polar surface area (TPSA) is 148 Å². The number of rotatable bonds is 1. The van der Waals surface area contributed by atoms with Gasteiger partial charge < -0.3 is 16.1 Å². The van der Waals surface area contributed by atoms with Gasteiger partial charge in [-0.15, -0.1) is 0 Å². The lowest BCUT2D eigenvalue weighted by atomic mass is 9.85. The van der Waals surface area contributed by atoms with Crippen molar-refractivity contribution in [2.24, 2.45) is 21.9 Å². The summed E-state index contributed by atoms with van der Waals surface area (Å²) < 4.78 is 57.7. The smallest absolute Gasteiger partial charge is 0.276 e. The van der Waals surface area contributed by atoms with Crippen LogP contribution >= 0.6 is 0 Å². The molecule has 14 heteroatoms. The Kier molecular flexibility index (Phi) is 9.70. The zero-order valence-corrected chi connectivity index (χ0v) is 27.4. The summed E-state index contributed by atoms with van der Waals surface area (Å²) in [5.74, 6) is 2.23. The summed E-state index contributed by atoms with van der Waals surface area (Å²) >= 11 is 0. The van der Waals surface area contributed by atoms with E-state index in [4.69, 9.17) is 5.84 Å². The fourth-order valence-electron chi connectivity index (χ4n) is 7.00. The van der Waals surface area contributed by atoms with Crippen LogP contribution in [0.2, 0.25) is 0 Å². The summed E-state index contributed by atoms with van der Waals surface area (Å²) in [5, 5.41) is 7.84. The van der Waals surface area contributed by atoms with E-state index in [1.165, 1.54) is 17.0 Å². The minimum Gasteiger partial charge on any atom is -0.363 e. The monoisotopic (exact) mass is 668 g/mol. The Morgan fingerprint density at radius 1 is 1.04 bits per heavy atom. The second-order valence-corrected chi connectivity index (χ2v) is 15.3. The van der Waals surface area contributed by atoms with Crippen molar-refractivity contribution in [1.82, 2.24) is 19.4 Å². The molecule has 3 N–H and O–H groups in total. The van der Waals surface area contributed by atoms with Gasteiger partial charge in [-0.3, -0.25) is 14.4 Å². The number of nitrogens with two attached hydrogens (primary N) is 1. The standard InChI is InChI=1S/C33H42F2N8O3S/c1-22-24-5-4-6-26(17-24)33(34,35)25-7-13-42(14-8-25)12-3-2-11-37-19-27(41-36)20-43-31-29(30(40-22)38-21-39-31)18-28(32(43)44)23-9-15-47(45,46)16-10-23/h4-6,17-19,21-23,25H,2-3,7-16,20,36H2,1H3,(H,38,39,40)/b37-19?,41-27+/t22-/m1/s1. The van der Waals surface area contributed by atoms with Crippen LogP contribution in [0.1, 0.15) is 74.1 Å². The Morgan fingerprint density at radius 3 is 2.55 bits per heavy atom. The molecule has 0 aliphatic carbocycles. The van der Waals surface area contributed by atoms with Crippen LogP contribution in [0.15, 0.2) is 51.5 Å². The summed E-state index contributed by atoms with van der Waals surface area (Å²) in [5.41, 5.74) is 1.57. The lowest BCUT2D eigenvalue weighted by molar-refractivity contribution is -0.0855. The van der Waals surface area contributed by atoms with Crippen molar-refractivity contribution in [2.45, 2.75) is 69.9 Å². The van der Waals surface area contributed by atoms with Crippen molar-refractivity contribution in [2.75, 3.05) is 43.0 Å². The molecule has 0 radical (unpaired) electrons. The van der Waals surface area contributed by atoms with Gasteiger partial charge in [0.15, 0.2) is 0 Å². The molecule has 252 valence electrons. The maximum Gasteiger partial charge on any atom is 0.276 e. The van der Waals surface area contributed by atoms with Crippen molar-refractivity contribution in [3.63, 3.8) is 0 Å². The molecular formula is C33H42F2N8O3S. The van der Waals surface area contributed by atoms with Gasteiger partial charge in [-0.05, 0) is 88.7 Å². The number of sulfone groups is 1. The van der Waals surface area contributed by atoms with Crippen LogP contribution in [0.25, 0.3) is 11.0 Å². The van der Waals surface area contributed by atoms with Crippen molar-refractivity contribution in [3.05, 3.63) is 63.7 Å². The summed E-state index contributed by atoms with van der Waals surface area (Å²) in [6.07, 6.45) is 6.14. The zero-order chi connectivity index (χ0) is 33.2. The van der Waals surface area contributed by atoms with E-state index in [1.807, 2.05) is 13.0 Å². The summed E-state index contributed by atoms with van der Waals surface area (Å²) in [6.45, 7) is 4.51. The van der Waals surface area contributed by atoms with E-state index in [1.54, 1.807) is 24.4 Å². The average Bonchev–Trinajstić information content (AvgIpc) is 3.06. The third-order valence-corrected chi connectivity index (χ3v) is 11.6. The predicted octanol–water partition coefficient (Wildman–Crippen LogP) is 4.24. The molecule has 0 spiro atoms. The number of piperidine rings is 1. The number of nitrogens with zero attached hydrogens (tertiary/aromatic N) is 6. The third-order valence-electron chi connectivity index (χ3n) is 9.87. The zero-order valence-electron chi connectivity index (χ0n) is 26.6. The first-order valence-electron chi connectivity index (χ1n) is 16.4. The summed E-state index contributed by atoms with van der Waals surface area (Å²) in [7, 11) is -3.16. The highest BCUT2D eigenvalue weighted by Gasteiger charge is 2.42. The maximum atomic E-state index is 15.9. The number of benzene rings is 1. The van der Waals surface area contributed by atoms with Crippen LogP contribution in [0.3, 0.4) is 0 Å². The van der Waals surface area contributed by atoms with E-state index in [9.17, 15) is 13.2 Å². The minimum atomic E-state index is -3.16. The number of alkyl halides is 2. The van der Waals surface area contributed by atoms with Gasteiger partial charge in [0.05, 0.1) is 29.1 Å². The van der Waals surface area contributed by atoms with E-state index >= 15 is 8.78 Å². The molecule has 8 bridgehead atoms. The molecule has 1 atom stereocenters. The minimum absolute atomic E-state index is 0.00430. The second kappa shape index (κ2) is 13.8. The fourth-order valence-corrected chi connectivity index (χ4v) is 8.49. The lowest BCUT2D eigenvalue weighted by Gasteiger charge is -2.36. The number of hydrazone groups is 1. The molecule has 11 nitrogen and oxygen atoms in total. The SMILES string of the molecule is C[C@H]1Nc2ncnc3c2cc(C2CCS(=O)(=O)CC2)c(=O)n3C/C(=N/N)C=NCCCCN2CCC(CC2)C(F)(F)c2cccc1c2. The molecule has 2 fully saturated rings. The van der Waals surface area contributed by atoms with Gasteiger partial charge in [0.25, 0.3) is 11.5 Å². The Morgan fingerprint density at radius 2 is 1.81 bits per heavy atom. The lowest BCUT2D eigenvalue weighted by Crippen LogP contribution is -2.40. The van der Waals surface area contributed by atoms with Gasteiger partial charge in [-0.2, -0.15) is 5.10 Å². The number of hydrogen-bond donors (Lipinski definition) is 2. The first-order chi connectivity index (χ1) is 22.6. The molecule has 6 heterocycles. The summed E-state index contributed by atoms with van der Waals surface area (Å²) in [4.78, 5) is 29.8. The van der Waals surface area contributed by atoms with Gasteiger partial charge in [0.2, 0.25) is 0 Å². The Balaban J connectivity index is 1.43. The molecule has 2 aromatic heterocycles. The number of fused-ring (bicyclic) bond motifs is 9. The number of anilines is 1. The average molecular weight is 669 g/mol. The molecule has 0 unspecified atom stereocenters. The third kappa shape index (κ3) is 7.23. The first-order valence-corrected chi connectivity index (χ1v) is 18.2. The van der Waals surface area contributed by atoms with Crippen LogP contribution in [0.5, 0.6) is 0 Å². The van der Waals surface area contributed by atoms with Gasteiger partial charge in [0.1, 0.15) is 27.6 Å². The normalized spacial score (nSPS) is 26.4. The number of pyridine rings is 1. The largest absolute Gasteiger partial charge is 0.363 e. The molecule has 4 aliphatic heterocycles. The van der Waals surface area contributed by atoms with Gasteiger partial charge in [-0.25, -0.2) is 27.2 Å². The van der Waals surface area contributed by atoms with E-state index < -0.39 is 27.7 Å². The predicted molar refractivity (Wildman–Crippen MR) is 180 cm³/mol. The Bertz CT molecular complexity index is 1820. The number of aliphatic imine (C=N–C) groups is 1. The second-order valence-electron chi connectivity index (χ2n) is 13.0. The van der Waals surface area contributed by atoms with Crippen LogP contribution < -0.4 is 16.7 Å².